The van der Waals surface area contributed by atoms with Gasteiger partial charge >= 0.3 is 5.97 Å². The van der Waals surface area contributed by atoms with Crippen LogP contribution in [0.5, 0.6) is 0 Å². The number of benzene rings is 1. The van der Waals surface area contributed by atoms with Gasteiger partial charge in [0.25, 0.3) is 0 Å². The molecule has 0 spiro atoms. The Hall–Kier alpha value is -2.20. The Morgan fingerprint density at radius 1 is 1.62 bits per heavy atom. The fourth-order valence-electron chi connectivity index (χ4n) is 1.25. The molecule has 0 aliphatic carbocycles. The van der Waals surface area contributed by atoms with Crippen LogP contribution in [-0.2, 0) is 4.74 Å². The number of hydrogen-bond acceptors (Lipinski definition) is 4. The fourth-order valence-corrected chi connectivity index (χ4v) is 1.25. The average Bonchev–Trinajstić information content (AvgIpc) is 2.31. The molecular formula is C10H12N4O2. The van der Waals surface area contributed by atoms with Crippen LogP contribution >= 0.6 is 0 Å². The van der Waals surface area contributed by atoms with Crippen LogP contribution < -0.4 is 5.32 Å². The van der Waals surface area contributed by atoms with Crippen LogP contribution in [0.4, 0.5) is 11.4 Å². The standard InChI is InChI=1S/C10H12N4O2/c1-3-12-8-5-4-7(10(15)16-2)6-9(8)13-14-11/h4-6,12H,3H2,1-2H3. The molecule has 1 rings (SSSR count). The number of nitrogens with zero attached hydrogens (tertiary/aromatic N) is 3. The van der Waals surface area contributed by atoms with E-state index in [1.54, 1.807) is 12.1 Å². The largest absolute Gasteiger partial charge is 0.465 e. The van der Waals surface area contributed by atoms with Crippen molar-refractivity contribution in [1.82, 2.24) is 0 Å². The van der Waals surface area contributed by atoms with Gasteiger partial charge in [-0.1, -0.05) is 5.11 Å². The number of rotatable bonds is 4. The normalized spacial score (nSPS) is 9.12. The summed E-state index contributed by atoms with van der Waals surface area (Å²) in [7, 11) is 1.30. The molecule has 0 fully saturated rings. The van der Waals surface area contributed by atoms with E-state index in [4.69, 9.17) is 5.53 Å². The van der Waals surface area contributed by atoms with Gasteiger partial charge in [0.1, 0.15) is 0 Å². The zero-order valence-electron chi connectivity index (χ0n) is 9.10. The first-order chi connectivity index (χ1) is 7.72. The monoisotopic (exact) mass is 220 g/mol. The van der Waals surface area contributed by atoms with Gasteiger partial charge in [-0.25, -0.2) is 4.79 Å². The summed E-state index contributed by atoms with van der Waals surface area (Å²) < 4.78 is 4.58. The van der Waals surface area contributed by atoms with E-state index in [1.807, 2.05) is 6.92 Å². The van der Waals surface area contributed by atoms with Crippen molar-refractivity contribution in [1.29, 1.82) is 0 Å². The van der Waals surface area contributed by atoms with Crippen LogP contribution in [0, 0.1) is 0 Å². The lowest BCUT2D eigenvalue weighted by Gasteiger charge is -2.08. The molecule has 0 bridgehead atoms. The minimum absolute atomic E-state index is 0.353. The van der Waals surface area contributed by atoms with E-state index in [2.05, 4.69) is 20.1 Å². The highest BCUT2D eigenvalue weighted by molar-refractivity contribution is 5.91. The lowest BCUT2D eigenvalue weighted by molar-refractivity contribution is 0.0601. The summed E-state index contributed by atoms with van der Waals surface area (Å²) in [4.78, 5) is 14.0. The van der Waals surface area contributed by atoms with Crippen molar-refractivity contribution in [3.05, 3.63) is 34.2 Å². The molecule has 0 unspecified atom stereocenters. The first kappa shape index (κ1) is 11.9. The molecule has 16 heavy (non-hydrogen) atoms. The summed E-state index contributed by atoms with van der Waals surface area (Å²) in [5.74, 6) is -0.461. The highest BCUT2D eigenvalue weighted by Gasteiger charge is 2.08. The molecule has 0 radical (unpaired) electrons. The van der Waals surface area contributed by atoms with Gasteiger partial charge in [-0.15, -0.1) is 0 Å². The van der Waals surface area contributed by atoms with E-state index in [9.17, 15) is 4.79 Å². The van der Waals surface area contributed by atoms with E-state index >= 15 is 0 Å². The van der Waals surface area contributed by atoms with Crippen LogP contribution in [0.3, 0.4) is 0 Å². The Kier molecular flexibility index (Phi) is 4.17. The zero-order valence-corrected chi connectivity index (χ0v) is 9.10. The Balaban J connectivity index is 3.16. The van der Waals surface area contributed by atoms with Crippen molar-refractivity contribution in [2.24, 2.45) is 5.11 Å². The Morgan fingerprint density at radius 2 is 2.38 bits per heavy atom. The quantitative estimate of drug-likeness (QED) is 0.366. The van der Waals surface area contributed by atoms with Crippen molar-refractivity contribution in [2.75, 3.05) is 19.0 Å². The predicted octanol–water partition coefficient (Wildman–Crippen LogP) is 2.85. The maximum atomic E-state index is 11.3. The van der Waals surface area contributed by atoms with Crippen LogP contribution in [0.2, 0.25) is 0 Å². The van der Waals surface area contributed by atoms with Crippen molar-refractivity contribution >= 4 is 17.3 Å². The molecule has 0 heterocycles. The summed E-state index contributed by atoms with van der Waals surface area (Å²) in [6, 6.07) is 4.78. The number of nitrogens with one attached hydrogen (secondary N) is 1. The molecule has 0 atom stereocenters. The van der Waals surface area contributed by atoms with Gasteiger partial charge in [-0.2, -0.15) is 0 Å². The third-order valence-electron chi connectivity index (χ3n) is 1.94. The van der Waals surface area contributed by atoms with E-state index in [0.717, 1.165) is 0 Å². The summed E-state index contributed by atoms with van der Waals surface area (Å²) in [6.45, 7) is 2.62. The second-order valence-electron chi connectivity index (χ2n) is 2.94. The fraction of sp³-hybridized carbons (Fsp3) is 0.300. The number of anilines is 1. The van der Waals surface area contributed by atoms with Crippen molar-refractivity contribution in [3.63, 3.8) is 0 Å². The number of ether oxygens (including phenoxy) is 1. The molecule has 0 aromatic heterocycles. The summed E-state index contributed by atoms with van der Waals surface area (Å²) in [6.07, 6.45) is 0. The predicted molar refractivity (Wildman–Crippen MR) is 60.8 cm³/mol. The Bertz CT molecular complexity index is 438. The maximum absolute atomic E-state index is 11.3. The van der Waals surface area contributed by atoms with Crippen LogP contribution in [0.15, 0.2) is 23.3 Å². The van der Waals surface area contributed by atoms with Gasteiger partial charge in [0.05, 0.1) is 18.4 Å². The zero-order chi connectivity index (χ0) is 12.0. The third kappa shape index (κ3) is 2.65. The molecule has 0 amide bonds. The lowest BCUT2D eigenvalue weighted by Crippen LogP contribution is -2.02. The summed E-state index contributed by atoms with van der Waals surface area (Å²) >= 11 is 0. The summed E-state index contributed by atoms with van der Waals surface area (Å²) in [5, 5.41) is 6.54. The first-order valence-corrected chi connectivity index (χ1v) is 4.74. The topological polar surface area (TPSA) is 87.1 Å². The van der Waals surface area contributed by atoms with Gasteiger partial charge in [-0.3, -0.25) is 0 Å². The number of hydrogen-bond donors (Lipinski definition) is 1. The summed E-state index contributed by atoms with van der Waals surface area (Å²) in [5.41, 5.74) is 9.84. The van der Waals surface area contributed by atoms with Crippen molar-refractivity contribution in [3.8, 4) is 0 Å². The van der Waals surface area contributed by atoms with Crippen molar-refractivity contribution in [2.45, 2.75) is 6.92 Å². The Labute approximate surface area is 92.8 Å². The Morgan fingerprint density at radius 3 is 2.94 bits per heavy atom. The van der Waals surface area contributed by atoms with E-state index in [1.165, 1.54) is 13.2 Å². The first-order valence-electron chi connectivity index (χ1n) is 4.74. The maximum Gasteiger partial charge on any atom is 0.337 e. The van der Waals surface area contributed by atoms with Gasteiger partial charge in [0.2, 0.25) is 0 Å². The highest BCUT2D eigenvalue weighted by Crippen LogP contribution is 2.26. The third-order valence-corrected chi connectivity index (χ3v) is 1.94. The van der Waals surface area contributed by atoms with Crippen LogP contribution in [0.1, 0.15) is 17.3 Å². The molecule has 1 aromatic rings. The minimum Gasteiger partial charge on any atom is -0.465 e. The number of carbonyl (C=O) groups is 1. The number of carbonyl (C=O) groups excluding carboxylic acids is 1. The van der Waals surface area contributed by atoms with Gasteiger partial charge < -0.3 is 10.1 Å². The minimum atomic E-state index is -0.461. The SMILES string of the molecule is CCNc1ccc(C(=O)OC)cc1N=[N+]=[N-]. The van der Waals surface area contributed by atoms with Gasteiger partial charge in [0.15, 0.2) is 0 Å². The molecule has 0 saturated carbocycles. The number of methoxy groups -OCH3 is 1. The van der Waals surface area contributed by atoms with Gasteiger partial charge in [-0.05, 0) is 30.7 Å². The number of azide groups is 1. The second kappa shape index (κ2) is 5.63. The van der Waals surface area contributed by atoms with Crippen LogP contribution in [-0.4, -0.2) is 19.6 Å². The molecular weight excluding hydrogens is 208 g/mol. The highest BCUT2D eigenvalue weighted by atomic mass is 16.5. The van der Waals surface area contributed by atoms with E-state index in [0.29, 0.717) is 23.5 Å². The van der Waals surface area contributed by atoms with E-state index in [-0.39, 0.29) is 0 Å². The molecule has 0 saturated heterocycles. The molecule has 6 nitrogen and oxygen atoms in total. The average molecular weight is 220 g/mol. The van der Waals surface area contributed by atoms with Crippen LogP contribution in [0.25, 0.3) is 10.4 Å². The number of esters is 1. The van der Waals surface area contributed by atoms with Gasteiger partial charge in [0, 0.05) is 17.1 Å². The van der Waals surface area contributed by atoms with Crippen molar-refractivity contribution < 1.29 is 9.53 Å². The smallest absolute Gasteiger partial charge is 0.337 e. The second-order valence-corrected chi connectivity index (χ2v) is 2.94. The molecule has 1 aromatic carbocycles. The molecule has 1 N–H and O–H groups in total. The molecule has 0 aliphatic heterocycles. The molecule has 6 heteroatoms. The molecule has 84 valence electrons. The lowest BCUT2D eigenvalue weighted by atomic mass is 10.1. The molecule has 0 aliphatic rings. The van der Waals surface area contributed by atoms with E-state index < -0.39 is 5.97 Å².